The van der Waals surface area contributed by atoms with Gasteiger partial charge in [0.15, 0.2) is 11.5 Å². The first-order valence-corrected chi connectivity index (χ1v) is 8.97. The third kappa shape index (κ3) is 3.68. The smallest absolute Gasteiger partial charge is 0.251 e. The number of aromatic nitrogens is 4. The lowest BCUT2D eigenvalue weighted by Gasteiger charge is -2.09. The largest absolute Gasteiger partial charge is 0.475 e. The summed E-state index contributed by atoms with van der Waals surface area (Å²) in [6, 6.07) is 20.7. The number of nitrogens with zero attached hydrogens (tertiary/aromatic N) is 4. The van der Waals surface area contributed by atoms with Gasteiger partial charge < -0.3 is 10.1 Å². The second-order valence-corrected chi connectivity index (χ2v) is 6.25. The molecule has 140 valence electrons. The number of nitrogens with one attached hydrogen (secondary N) is 1. The number of rotatable bonds is 6. The summed E-state index contributed by atoms with van der Waals surface area (Å²) in [5.41, 5.74) is 3.16. The van der Waals surface area contributed by atoms with Gasteiger partial charge in [-0.15, -0.1) is 15.3 Å². The summed E-state index contributed by atoms with van der Waals surface area (Å²) in [4.78, 5) is 12.2. The van der Waals surface area contributed by atoms with E-state index in [9.17, 15) is 4.79 Å². The van der Waals surface area contributed by atoms with Gasteiger partial charge in [0.1, 0.15) is 6.61 Å². The molecule has 1 N–H and O–H groups in total. The number of benzene rings is 2. The van der Waals surface area contributed by atoms with Crippen molar-refractivity contribution in [1.82, 2.24) is 25.1 Å². The van der Waals surface area contributed by atoms with Gasteiger partial charge in [-0.05, 0) is 24.6 Å². The molecule has 0 bridgehead atoms. The fourth-order valence-corrected chi connectivity index (χ4v) is 2.86. The van der Waals surface area contributed by atoms with Gasteiger partial charge in [0.25, 0.3) is 5.91 Å². The van der Waals surface area contributed by atoms with Crippen LogP contribution in [0.15, 0.2) is 66.7 Å². The number of aryl methyl sites for hydroxylation is 1. The maximum atomic E-state index is 12.2. The third-order valence-electron chi connectivity index (χ3n) is 4.30. The monoisotopic (exact) mass is 373 g/mol. The van der Waals surface area contributed by atoms with Crippen molar-refractivity contribution in [2.45, 2.75) is 6.92 Å². The minimum atomic E-state index is -0.115. The molecule has 0 saturated heterocycles. The van der Waals surface area contributed by atoms with Crippen LogP contribution in [0.2, 0.25) is 0 Å². The van der Waals surface area contributed by atoms with E-state index in [1.807, 2.05) is 55.5 Å². The first-order valence-electron chi connectivity index (χ1n) is 8.97. The number of hydrogen-bond acceptors (Lipinski definition) is 5. The molecule has 0 spiro atoms. The highest BCUT2D eigenvalue weighted by molar-refractivity contribution is 5.95. The van der Waals surface area contributed by atoms with E-state index in [-0.39, 0.29) is 5.91 Å². The average molecular weight is 373 g/mol. The van der Waals surface area contributed by atoms with Gasteiger partial charge in [-0.25, -0.2) is 0 Å². The fourth-order valence-electron chi connectivity index (χ4n) is 2.86. The Bertz CT molecular complexity index is 1110. The molecule has 4 rings (SSSR count). The van der Waals surface area contributed by atoms with Gasteiger partial charge in [-0.3, -0.25) is 4.79 Å². The Morgan fingerprint density at radius 1 is 1.00 bits per heavy atom. The summed E-state index contributed by atoms with van der Waals surface area (Å²) in [6.07, 6.45) is 0. The second kappa shape index (κ2) is 7.87. The molecule has 7 nitrogen and oxygen atoms in total. The number of amides is 1. The van der Waals surface area contributed by atoms with Crippen LogP contribution < -0.4 is 10.1 Å². The zero-order chi connectivity index (χ0) is 19.3. The highest BCUT2D eigenvalue weighted by atomic mass is 16.5. The summed E-state index contributed by atoms with van der Waals surface area (Å²) < 4.78 is 7.34. The van der Waals surface area contributed by atoms with Crippen molar-refractivity contribution >= 4 is 11.6 Å². The highest BCUT2D eigenvalue weighted by Gasteiger charge is 2.11. The lowest BCUT2D eigenvalue weighted by atomic mass is 10.1. The third-order valence-corrected chi connectivity index (χ3v) is 4.30. The highest BCUT2D eigenvalue weighted by Crippen LogP contribution is 2.18. The van der Waals surface area contributed by atoms with Gasteiger partial charge >= 0.3 is 0 Å². The first kappa shape index (κ1) is 17.7. The van der Waals surface area contributed by atoms with E-state index in [0.29, 0.717) is 36.1 Å². The van der Waals surface area contributed by atoms with Gasteiger partial charge in [-0.1, -0.05) is 48.5 Å². The van der Waals surface area contributed by atoms with Crippen molar-refractivity contribution in [3.63, 3.8) is 0 Å². The minimum absolute atomic E-state index is 0.115. The Labute approximate surface area is 162 Å². The van der Waals surface area contributed by atoms with E-state index in [1.54, 1.807) is 22.7 Å². The van der Waals surface area contributed by atoms with Crippen molar-refractivity contribution in [3.8, 4) is 17.3 Å². The van der Waals surface area contributed by atoms with Crippen LogP contribution in [0.1, 0.15) is 15.9 Å². The number of hydrogen-bond donors (Lipinski definition) is 1. The minimum Gasteiger partial charge on any atom is -0.475 e. The van der Waals surface area contributed by atoms with Gasteiger partial charge in [0, 0.05) is 17.2 Å². The average Bonchev–Trinajstić information content (AvgIpc) is 3.15. The standard InChI is InChI=1S/C21H19N5O2/c1-15-7-5-6-10-17(15)21(27)22-13-14-28-19-12-11-18-23-24-20(26(18)25-19)16-8-3-2-4-9-16/h2-12H,13-14H2,1H3,(H,22,27). The van der Waals surface area contributed by atoms with Crippen LogP contribution in [-0.4, -0.2) is 38.9 Å². The Balaban J connectivity index is 1.40. The van der Waals surface area contributed by atoms with Crippen molar-refractivity contribution < 1.29 is 9.53 Å². The summed E-state index contributed by atoms with van der Waals surface area (Å²) >= 11 is 0. The Kier molecular flexibility index (Phi) is 4.97. The SMILES string of the molecule is Cc1ccccc1C(=O)NCCOc1ccc2nnc(-c3ccccc3)n2n1. The van der Waals surface area contributed by atoms with Gasteiger partial charge in [0.05, 0.1) is 6.54 Å². The zero-order valence-electron chi connectivity index (χ0n) is 15.4. The molecule has 0 aliphatic heterocycles. The normalized spacial score (nSPS) is 10.8. The van der Waals surface area contributed by atoms with E-state index in [4.69, 9.17) is 4.74 Å². The molecule has 2 aromatic carbocycles. The van der Waals surface area contributed by atoms with E-state index < -0.39 is 0 Å². The zero-order valence-corrected chi connectivity index (χ0v) is 15.4. The van der Waals surface area contributed by atoms with Gasteiger partial charge in [-0.2, -0.15) is 4.52 Å². The molecule has 2 aromatic heterocycles. The molecule has 0 radical (unpaired) electrons. The molecule has 0 saturated carbocycles. The van der Waals surface area contributed by atoms with Crippen molar-refractivity contribution in [1.29, 1.82) is 0 Å². The van der Waals surface area contributed by atoms with Crippen LogP contribution in [0.25, 0.3) is 17.0 Å². The molecule has 28 heavy (non-hydrogen) atoms. The van der Waals surface area contributed by atoms with Crippen molar-refractivity contribution in [2.75, 3.05) is 13.2 Å². The Morgan fingerprint density at radius 3 is 2.61 bits per heavy atom. The van der Waals surface area contributed by atoms with Crippen LogP contribution in [0.4, 0.5) is 0 Å². The number of carbonyl (C=O) groups excluding carboxylic acids is 1. The van der Waals surface area contributed by atoms with Crippen LogP contribution in [0.5, 0.6) is 5.88 Å². The molecular weight excluding hydrogens is 354 g/mol. The molecule has 7 heteroatoms. The summed E-state index contributed by atoms with van der Waals surface area (Å²) in [5.74, 6) is 0.971. The number of ether oxygens (including phenoxy) is 1. The lowest BCUT2D eigenvalue weighted by Crippen LogP contribution is -2.28. The Hall–Kier alpha value is -3.74. The summed E-state index contributed by atoms with van der Waals surface area (Å²) in [5, 5.41) is 15.7. The van der Waals surface area contributed by atoms with E-state index >= 15 is 0 Å². The van der Waals surface area contributed by atoms with E-state index in [1.165, 1.54) is 0 Å². The maximum absolute atomic E-state index is 12.2. The van der Waals surface area contributed by atoms with E-state index in [2.05, 4.69) is 20.6 Å². The van der Waals surface area contributed by atoms with Crippen molar-refractivity contribution in [3.05, 3.63) is 77.9 Å². The molecule has 4 aromatic rings. The van der Waals surface area contributed by atoms with Crippen LogP contribution >= 0.6 is 0 Å². The topological polar surface area (TPSA) is 81.4 Å². The number of carbonyl (C=O) groups is 1. The lowest BCUT2D eigenvalue weighted by molar-refractivity contribution is 0.0946. The molecule has 0 unspecified atom stereocenters. The quantitative estimate of drug-likeness (QED) is 0.526. The fraction of sp³-hybridized carbons (Fsp3) is 0.143. The molecule has 0 atom stereocenters. The van der Waals surface area contributed by atoms with Gasteiger partial charge in [0.2, 0.25) is 5.88 Å². The molecule has 0 fully saturated rings. The van der Waals surface area contributed by atoms with Crippen LogP contribution in [-0.2, 0) is 0 Å². The summed E-state index contributed by atoms with van der Waals surface area (Å²) in [7, 11) is 0. The van der Waals surface area contributed by atoms with Crippen molar-refractivity contribution in [2.24, 2.45) is 0 Å². The predicted octanol–water partition coefficient (Wildman–Crippen LogP) is 2.91. The maximum Gasteiger partial charge on any atom is 0.251 e. The first-order chi connectivity index (χ1) is 13.7. The molecular formula is C21H19N5O2. The molecule has 1 amide bonds. The Morgan fingerprint density at radius 2 is 1.79 bits per heavy atom. The predicted molar refractivity (Wildman–Crippen MR) is 105 cm³/mol. The number of fused-ring (bicyclic) bond motifs is 1. The second-order valence-electron chi connectivity index (χ2n) is 6.25. The molecule has 0 aliphatic carbocycles. The molecule has 0 aliphatic rings. The van der Waals surface area contributed by atoms with E-state index in [0.717, 1.165) is 11.1 Å². The summed E-state index contributed by atoms with van der Waals surface area (Å²) in [6.45, 7) is 2.59. The molecule has 2 heterocycles. The van der Waals surface area contributed by atoms with Crippen LogP contribution in [0, 0.1) is 6.92 Å². The van der Waals surface area contributed by atoms with Crippen LogP contribution in [0.3, 0.4) is 0 Å².